The number of hydrogen-bond donors (Lipinski definition) is 4. The monoisotopic (exact) mass is 330 g/mol. The molecule has 7 nitrogen and oxygen atoms in total. The Kier molecular flexibility index (Phi) is 12.4. The first-order chi connectivity index (χ1) is 11.1. The van der Waals surface area contributed by atoms with E-state index in [1.165, 1.54) is 0 Å². The van der Waals surface area contributed by atoms with E-state index in [-0.39, 0.29) is 24.5 Å². The topological polar surface area (TPSA) is 95.0 Å². The van der Waals surface area contributed by atoms with Crippen molar-refractivity contribution in [2.45, 2.75) is 40.0 Å². The van der Waals surface area contributed by atoms with Crippen LogP contribution in [-0.4, -0.2) is 63.5 Å². The average molecular weight is 330 g/mol. The molecule has 0 fully saturated rings. The Bertz CT molecular complexity index is 344. The molecule has 4 N–H and O–H groups in total. The van der Waals surface area contributed by atoms with Crippen LogP contribution >= 0.6 is 0 Å². The fourth-order valence-electron chi connectivity index (χ4n) is 2.29. The quantitative estimate of drug-likeness (QED) is 0.237. The fourth-order valence-corrected chi connectivity index (χ4v) is 2.29. The number of carbonyl (C=O) groups excluding carboxylic acids is 1. The number of nitrogens with one attached hydrogen (secondary N) is 3. The smallest absolute Gasteiger partial charge is 0.241 e. The van der Waals surface area contributed by atoms with Crippen LogP contribution < -0.4 is 16.0 Å². The number of methoxy groups -OCH3 is 1. The number of rotatable bonds is 12. The van der Waals surface area contributed by atoms with Gasteiger partial charge in [0.15, 0.2) is 5.96 Å². The third kappa shape index (κ3) is 9.40. The molecule has 0 radical (unpaired) electrons. The number of amides is 1. The Balaban J connectivity index is 4.53. The molecule has 136 valence electrons. The normalized spacial score (nSPS) is 12.1. The van der Waals surface area contributed by atoms with E-state index < -0.39 is 0 Å². The maximum Gasteiger partial charge on any atom is 0.241 e. The Morgan fingerprint density at radius 1 is 1.17 bits per heavy atom. The molecule has 1 amide bonds. The van der Waals surface area contributed by atoms with Gasteiger partial charge < -0.3 is 25.8 Å². The van der Waals surface area contributed by atoms with Gasteiger partial charge in [-0.1, -0.05) is 13.8 Å². The van der Waals surface area contributed by atoms with Crippen LogP contribution in [0.4, 0.5) is 0 Å². The number of aliphatic hydroxyl groups excluding tert-OH is 1. The molecule has 0 unspecified atom stereocenters. The van der Waals surface area contributed by atoms with Gasteiger partial charge in [-0.05, 0) is 31.6 Å². The summed E-state index contributed by atoms with van der Waals surface area (Å²) in [5.74, 6) is 0.491. The molecular weight excluding hydrogens is 296 g/mol. The van der Waals surface area contributed by atoms with E-state index >= 15 is 0 Å². The van der Waals surface area contributed by atoms with Crippen molar-refractivity contribution in [1.82, 2.24) is 16.0 Å². The molecule has 0 aliphatic rings. The van der Waals surface area contributed by atoms with Gasteiger partial charge in [0.25, 0.3) is 0 Å². The number of guanidine groups is 1. The molecule has 0 bridgehead atoms. The summed E-state index contributed by atoms with van der Waals surface area (Å²) in [6.07, 6.45) is 2.71. The summed E-state index contributed by atoms with van der Waals surface area (Å²) in [6, 6.07) is 0. The molecule has 0 heterocycles. The Labute approximate surface area is 140 Å². The van der Waals surface area contributed by atoms with Crippen molar-refractivity contribution in [3.8, 4) is 0 Å². The summed E-state index contributed by atoms with van der Waals surface area (Å²) in [5, 5.41) is 18.4. The number of aliphatic hydroxyl groups is 1. The summed E-state index contributed by atoms with van der Waals surface area (Å²) < 4.78 is 4.88. The average Bonchev–Trinajstić information content (AvgIpc) is 2.56. The minimum Gasteiger partial charge on any atom is -0.396 e. The second kappa shape index (κ2) is 13.1. The lowest BCUT2D eigenvalue weighted by atomic mass is 9.79. The Hall–Kier alpha value is -1.34. The summed E-state index contributed by atoms with van der Waals surface area (Å²) in [7, 11) is 1.59. The van der Waals surface area contributed by atoms with E-state index in [9.17, 15) is 9.90 Å². The van der Waals surface area contributed by atoms with Crippen molar-refractivity contribution < 1.29 is 14.6 Å². The zero-order chi connectivity index (χ0) is 17.6. The van der Waals surface area contributed by atoms with E-state index in [4.69, 9.17) is 4.74 Å². The first kappa shape index (κ1) is 21.7. The second-order valence-electron chi connectivity index (χ2n) is 5.57. The van der Waals surface area contributed by atoms with Gasteiger partial charge in [0, 0.05) is 33.4 Å². The number of hydrogen-bond acceptors (Lipinski definition) is 4. The van der Waals surface area contributed by atoms with E-state index in [0.29, 0.717) is 19.1 Å². The lowest BCUT2D eigenvalue weighted by molar-refractivity contribution is -0.119. The SMILES string of the molecule is CCNC(=NCC(=O)NCCOC)NCC(CC)(CC)CCO. The van der Waals surface area contributed by atoms with Crippen LogP contribution in [0.5, 0.6) is 0 Å². The summed E-state index contributed by atoms with van der Waals surface area (Å²) in [5.41, 5.74) is 0.0473. The van der Waals surface area contributed by atoms with E-state index in [1.54, 1.807) is 7.11 Å². The molecule has 0 aromatic heterocycles. The number of nitrogens with zero attached hydrogens (tertiary/aromatic N) is 1. The van der Waals surface area contributed by atoms with Crippen molar-refractivity contribution in [3.05, 3.63) is 0 Å². The van der Waals surface area contributed by atoms with Crippen molar-refractivity contribution in [2.75, 3.05) is 46.5 Å². The second-order valence-corrected chi connectivity index (χ2v) is 5.57. The molecular formula is C16H34N4O3. The maximum absolute atomic E-state index is 11.7. The van der Waals surface area contributed by atoms with Gasteiger partial charge >= 0.3 is 0 Å². The first-order valence-corrected chi connectivity index (χ1v) is 8.46. The lowest BCUT2D eigenvalue weighted by Crippen LogP contribution is -2.44. The van der Waals surface area contributed by atoms with E-state index in [0.717, 1.165) is 32.4 Å². The van der Waals surface area contributed by atoms with Crippen LogP contribution in [0.25, 0.3) is 0 Å². The predicted molar refractivity (Wildman–Crippen MR) is 93.6 cm³/mol. The predicted octanol–water partition coefficient (Wildman–Crippen LogP) is 0.493. The molecule has 0 aliphatic heterocycles. The van der Waals surface area contributed by atoms with Crippen molar-refractivity contribution >= 4 is 11.9 Å². The van der Waals surface area contributed by atoms with Gasteiger partial charge in [0.05, 0.1) is 6.61 Å². The van der Waals surface area contributed by atoms with Gasteiger partial charge in [0.1, 0.15) is 6.54 Å². The Morgan fingerprint density at radius 3 is 2.39 bits per heavy atom. The molecule has 0 aromatic rings. The zero-order valence-electron chi connectivity index (χ0n) is 15.1. The van der Waals surface area contributed by atoms with Gasteiger partial charge in [0.2, 0.25) is 5.91 Å². The standard InChI is InChI=1S/C16H34N4O3/c1-5-16(6-2,8-10-21)13-20-15(17-7-3)19-12-14(22)18-9-11-23-4/h21H,5-13H2,1-4H3,(H,18,22)(H2,17,19,20). The Morgan fingerprint density at radius 2 is 1.87 bits per heavy atom. The highest BCUT2D eigenvalue weighted by molar-refractivity contribution is 5.84. The van der Waals surface area contributed by atoms with Crippen LogP contribution in [0, 0.1) is 5.41 Å². The highest BCUT2D eigenvalue weighted by Gasteiger charge is 2.25. The summed E-state index contributed by atoms with van der Waals surface area (Å²) in [4.78, 5) is 16.0. The minimum atomic E-state index is -0.133. The minimum absolute atomic E-state index is 0.0473. The lowest BCUT2D eigenvalue weighted by Gasteiger charge is -2.32. The van der Waals surface area contributed by atoms with Crippen molar-refractivity contribution in [2.24, 2.45) is 10.4 Å². The number of ether oxygens (including phenoxy) is 1. The highest BCUT2D eigenvalue weighted by Crippen LogP contribution is 2.29. The van der Waals surface area contributed by atoms with Gasteiger partial charge in [-0.3, -0.25) is 4.79 Å². The molecule has 0 aromatic carbocycles. The van der Waals surface area contributed by atoms with E-state index in [1.807, 2.05) is 6.92 Å². The van der Waals surface area contributed by atoms with Crippen molar-refractivity contribution in [1.29, 1.82) is 0 Å². The molecule has 23 heavy (non-hydrogen) atoms. The first-order valence-electron chi connectivity index (χ1n) is 8.46. The van der Waals surface area contributed by atoms with Gasteiger partial charge in [-0.2, -0.15) is 0 Å². The maximum atomic E-state index is 11.7. The highest BCUT2D eigenvalue weighted by atomic mass is 16.5. The number of aliphatic imine (C=N–C) groups is 1. The van der Waals surface area contributed by atoms with E-state index in [2.05, 4.69) is 34.8 Å². The zero-order valence-corrected chi connectivity index (χ0v) is 15.1. The molecule has 0 spiro atoms. The number of carbonyl (C=O) groups is 1. The van der Waals surface area contributed by atoms with Crippen LogP contribution in [0.3, 0.4) is 0 Å². The van der Waals surface area contributed by atoms with Crippen LogP contribution in [0.1, 0.15) is 40.0 Å². The summed E-state index contributed by atoms with van der Waals surface area (Å²) >= 11 is 0. The molecule has 0 aliphatic carbocycles. The third-order valence-electron chi connectivity index (χ3n) is 4.13. The van der Waals surface area contributed by atoms with Crippen LogP contribution in [-0.2, 0) is 9.53 Å². The largest absolute Gasteiger partial charge is 0.396 e. The van der Waals surface area contributed by atoms with Crippen LogP contribution in [0.15, 0.2) is 4.99 Å². The molecule has 7 heteroatoms. The molecule has 0 saturated carbocycles. The molecule has 0 saturated heterocycles. The summed E-state index contributed by atoms with van der Waals surface area (Å²) in [6.45, 7) is 8.92. The van der Waals surface area contributed by atoms with Gasteiger partial charge in [-0.25, -0.2) is 4.99 Å². The van der Waals surface area contributed by atoms with Crippen molar-refractivity contribution in [3.63, 3.8) is 0 Å². The molecule has 0 rings (SSSR count). The van der Waals surface area contributed by atoms with Crippen LogP contribution in [0.2, 0.25) is 0 Å². The third-order valence-corrected chi connectivity index (χ3v) is 4.13. The fraction of sp³-hybridized carbons (Fsp3) is 0.875. The van der Waals surface area contributed by atoms with Gasteiger partial charge in [-0.15, -0.1) is 0 Å². The molecule has 0 atom stereocenters.